The van der Waals surface area contributed by atoms with E-state index in [0.29, 0.717) is 19.7 Å². The van der Waals surface area contributed by atoms with Crippen LogP contribution in [0.3, 0.4) is 0 Å². The Morgan fingerprint density at radius 3 is 2.71 bits per heavy atom. The van der Waals surface area contributed by atoms with Crippen molar-refractivity contribution in [2.24, 2.45) is 0 Å². The van der Waals surface area contributed by atoms with Crippen molar-refractivity contribution in [3.05, 3.63) is 0 Å². The zero-order valence-corrected chi connectivity index (χ0v) is 11.2. The molecule has 2 N–H and O–H groups in total. The smallest absolute Gasteiger partial charge is 0.237 e. The van der Waals surface area contributed by atoms with Gasteiger partial charge in [-0.1, -0.05) is 6.92 Å². The Bertz CT molecular complexity index is 194. The molecule has 17 heavy (non-hydrogen) atoms. The number of aliphatic hydroxyl groups is 1. The van der Waals surface area contributed by atoms with Crippen molar-refractivity contribution in [3.8, 4) is 0 Å². The van der Waals surface area contributed by atoms with E-state index in [9.17, 15) is 4.79 Å². The SMILES string of the molecule is CCCN(CCO)C(C)C(=O)NCCCOC. The normalized spacial score (nSPS) is 12.8. The average molecular weight is 246 g/mol. The fourth-order valence-electron chi connectivity index (χ4n) is 1.66. The van der Waals surface area contributed by atoms with E-state index in [-0.39, 0.29) is 18.6 Å². The Morgan fingerprint density at radius 1 is 1.47 bits per heavy atom. The highest BCUT2D eigenvalue weighted by molar-refractivity contribution is 5.81. The zero-order chi connectivity index (χ0) is 13.1. The summed E-state index contributed by atoms with van der Waals surface area (Å²) < 4.78 is 4.91. The fraction of sp³-hybridized carbons (Fsp3) is 0.917. The van der Waals surface area contributed by atoms with E-state index in [4.69, 9.17) is 9.84 Å². The molecule has 0 rings (SSSR count). The highest BCUT2D eigenvalue weighted by Gasteiger charge is 2.19. The molecule has 5 nitrogen and oxygen atoms in total. The largest absolute Gasteiger partial charge is 0.395 e. The van der Waals surface area contributed by atoms with Crippen molar-refractivity contribution < 1.29 is 14.6 Å². The van der Waals surface area contributed by atoms with Crippen LogP contribution in [-0.4, -0.2) is 61.9 Å². The predicted molar refractivity (Wildman–Crippen MR) is 67.9 cm³/mol. The molecule has 0 aliphatic rings. The van der Waals surface area contributed by atoms with E-state index in [1.807, 2.05) is 11.8 Å². The van der Waals surface area contributed by atoms with Gasteiger partial charge >= 0.3 is 0 Å². The first-order valence-electron chi connectivity index (χ1n) is 6.28. The van der Waals surface area contributed by atoms with E-state index in [1.165, 1.54) is 0 Å². The maximum atomic E-state index is 11.8. The van der Waals surface area contributed by atoms with Crippen molar-refractivity contribution in [2.45, 2.75) is 32.7 Å². The summed E-state index contributed by atoms with van der Waals surface area (Å²) in [6.45, 7) is 6.68. The quantitative estimate of drug-likeness (QED) is 0.542. The first-order valence-corrected chi connectivity index (χ1v) is 6.28. The first kappa shape index (κ1) is 16.4. The Morgan fingerprint density at radius 2 is 2.18 bits per heavy atom. The molecular formula is C12H26N2O3. The van der Waals surface area contributed by atoms with E-state index in [2.05, 4.69) is 12.2 Å². The summed E-state index contributed by atoms with van der Waals surface area (Å²) in [6.07, 6.45) is 1.80. The summed E-state index contributed by atoms with van der Waals surface area (Å²) in [5.74, 6) is 0.0167. The number of rotatable bonds is 10. The minimum atomic E-state index is -0.190. The molecular weight excluding hydrogens is 220 g/mol. The van der Waals surface area contributed by atoms with Gasteiger partial charge in [-0.05, 0) is 26.3 Å². The van der Waals surface area contributed by atoms with Gasteiger partial charge in [-0.3, -0.25) is 9.69 Å². The van der Waals surface area contributed by atoms with Crippen LogP contribution in [0.2, 0.25) is 0 Å². The van der Waals surface area contributed by atoms with E-state index < -0.39 is 0 Å². The summed E-state index contributed by atoms with van der Waals surface area (Å²) in [7, 11) is 1.65. The van der Waals surface area contributed by atoms with Crippen LogP contribution in [0.25, 0.3) is 0 Å². The van der Waals surface area contributed by atoms with Gasteiger partial charge in [0.1, 0.15) is 0 Å². The van der Waals surface area contributed by atoms with E-state index in [1.54, 1.807) is 7.11 Å². The molecule has 1 atom stereocenters. The number of carbonyl (C=O) groups is 1. The summed E-state index contributed by atoms with van der Waals surface area (Å²) >= 11 is 0. The van der Waals surface area contributed by atoms with Crippen LogP contribution in [0.1, 0.15) is 26.7 Å². The lowest BCUT2D eigenvalue weighted by Gasteiger charge is -2.27. The van der Waals surface area contributed by atoms with Crippen LogP contribution in [0.5, 0.6) is 0 Å². The molecule has 0 saturated heterocycles. The molecule has 102 valence electrons. The minimum Gasteiger partial charge on any atom is -0.395 e. The average Bonchev–Trinajstić information content (AvgIpc) is 2.33. The van der Waals surface area contributed by atoms with Crippen LogP contribution in [0, 0.1) is 0 Å². The molecule has 0 heterocycles. The number of hydrogen-bond acceptors (Lipinski definition) is 4. The molecule has 0 aromatic heterocycles. The van der Waals surface area contributed by atoms with Crippen LogP contribution in [0.4, 0.5) is 0 Å². The third-order valence-electron chi connectivity index (χ3n) is 2.65. The number of methoxy groups -OCH3 is 1. The topological polar surface area (TPSA) is 61.8 Å². The third-order valence-corrected chi connectivity index (χ3v) is 2.65. The number of aliphatic hydroxyl groups excluding tert-OH is 1. The number of nitrogens with one attached hydrogen (secondary N) is 1. The molecule has 0 fully saturated rings. The first-order chi connectivity index (χ1) is 8.17. The van der Waals surface area contributed by atoms with E-state index >= 15 is 0 Å². The lowest BCUT2D eigenvalue weighted by atomic mass is 10.2. The molecule has 0 aromatic rings. The summed E-state index contributed by atoms with van der Waals surface area (Å²) in [5, 5.41) is 11.8. The molecule has 0 radical (unpaired) electrons. The maximum Gasteiger partial charge on any atom is 0.237 e. The lowest BCUT2D eigenvalue weighted by molar-refractivity contribution is -0.126. The zero-order valence-electron chi connectivity index (χ0n) is 11.2. The van der Waals surface area contributed by atoms with Crippen molar-refractivity contribution in [3.63, 3.8) is 0 Å². The van der Waals surface area contributed by atoms with Crippen molar-refractivity contribution in [1.82, 2.24) is 10.2 Å². The standard InChI is InChI=1S/C12H26N2O3/c1-4-7-14(8-9-15)11(2)12(16)13-6-5-10-17-3/h11,15H,4-10H2,1-3H3,(H,13,16). The Hall–Kier alpha value is -0.650. The van der Waals surface area contributed by atoms with Gasteiger partial charge in [0.05, 0.1) is 12.6 Å². The van der Waals surface area contributed by atoms with Crippen molar-refractivity contribution in [1.29, 1.82) is 0 Å². The van der Waals surface area contributed by atoms with Crippen LogP contribution in [0.15, 0.2) is 0 Å². The Balaban J connectivity index is 3.97. The van der Waals surface area contributed by atoms with Gasteiger partial charge in [-0.25, -0.2) is 0 Å². The molecule has 0 bridgehead atoms. The molecule has 0 aliphatic heterocycles. The second-order valence-corrected chi connectivity index (χ2v) is 4.07. The summed E-state index contributed by atoms with van der Waals surface area (Å²) in [5.41, 5.74) is 0. The number of carbonyl (C=O) groups excluding carboxylic acids is 1. The predicted octanol–water partition coefficient (Wildman–Crippen LogP) is 0.232. The van der Waals surface area contributed by atoms with Crippen molar-refractivity contribution >= 4 is 5.91 Å². The number of amides is 1. The number of nitrogens with zero attached hydrogens (tertiary/aromatic N) is 1. The molecule has 0 spiro atoms. The minimum absolute atomic E-state index is 0.0167. The van der Waals surface area contributed by atoms with Gasteiger partial charge in [-0.2, -0.15) is 0 Å². The molecule has 0 aliphatic carbocycles. The van der Waals surface area contributed by atoms with Gasteiger partial charge in [0.2, 0.25) is 5.91 Å². The van der Waals surface area contributed by atoms with Crippen LogP contribution < -0.4 is 5.32 Å². The third kappa shape index (κ3) is 7.31. The highest BCUT2D eigenvalue weighted by atomic mass is 16.5. The second-order valence-electron chi connectivity index (χ2n) is 4.07. The monoisotopic (exact) mass is 246 g/mol. The molecule has 5 heteroatoms. The highest BCUT2D eigenvalue weighted by Crippen LogP contribution is 2.00. The van der Waals surface area contributed by atoms with Crippen molar-refractivity contribution in [2.75, 3.05) is 40.0 Å². The van der Waals surface area contributed by atoms with Gasteiger partial charge in [-0.15, -0.1) is 0 Å². The summed E-state index contributed by atoms with van der Waals surface area (Å²) in [6, 6.07) is -0.190. The van der Waals surface area contributed by atoms with E-state index in [0.717, 1.165) is 19.4 Å². The second kappa shape index (κ2) is 10.5. The van der Waals surface area contributed by atoms with Crippen LogP contribution >= 0.6 is 0 Å². The molecule has 1 amide bonds. The maximum absolute atomic E-state index is 11.8. The lowest BCUT2D eigenvalue weighted by Crippen LogP contribution is -2.46. The Labute approximate surface area is 104 Å². The number of hydrogen-bond donors (Lipinski definition) is 2. The molecule has 0 aromatic carbocycles. The van der Waals surface area contributed by atoms with Gasteiger partial charge in [0.15, 0.2) is 0 Å². The van der Waals surface area contributed by atoms with Gasteiger partial charge in [0, 0.05) is 26.8 Å². The van der Waals surface area contributed by atoms with Crippen LogP contribution in [-0.2, 0) is 9.53 Å². The Kier molecular flexibility index (Phi) is 10.1. The fourth-order valence-corrected chi connectivity index (χ4v) is 1.66. The van der Waals surface area contributed by atoms with Gasteiger partial charge < -0.3 is 15.2 Å². The van der Waals surface area contributed by atoms with Gasteiger partial charge in [0.25, 0.3) is 0 Å². The summed E-state index contributed by atoms with van der Waals surface area (Å²) in [4.78, 5) is 13.8. The molecule has 0 saturated carbocycles. The molecule has 1 unspecified atom stereocenters. The number of ether oxygens (including phenoxy) is 1.